The van der Waals surface area contributed by atoms with E-state index in [0.29, 0.717) is 0 Å². The summed E-state index contributed by atoms with van der Waals surface area (Å²) in [4.78, 5) is 28.5. The van der Waals surface area contributed by atoms with Gasteiger partial charge in [-0.3, -0.25) is 9.59 Å². The number of nitrogens with one attached hydrogen (secondary N) is 2. The molecule has 0 saturated carbocycles. The Morgan fingerprint density at radius 1 is 1.33 bits per heavy atom. The van der Waals surface area contributed by atoms with Crippen molar-refractivity contribution in [1.82, 2.24) is 9.97 Å². The minimum Gasteiger partial charge on any atom is -0.325 e. The maximum absolute atomic E-state index is 12.6. The molecular formula is C12H7BrF3N3O2. The van der Waals surface area contributed by atoms with Gasteiger partial charge < -0.3 is 10.3 Å². The molecule has 0 saturated heterocycles. The number of H-pyrrole nitrogens is 1. The maximum atomic E-state index is 12.6. The Morgan fingerprint density at radius 3 is 2.62 bits per heavy atom. The summed E-state index contributed by atoms with van der Waals surface area (Å²) in [5.74, 6) is -0.744. The Balaban J connectivity index is 2.28. The molecule has 0 fully saturated rings. The standard InChI is InChI=1S/C12H7BrF3N3O2/c13-7-2-1-6(12(14,15)16)3-8(7)19-11(21)9-4-18-10(20)5-17-9/h1-5H,(H,18,20)(H,19,21). The van der Waals surface area contributed by atoms with E-state index in [2.05, 4.69) is 31.2 Å². The van der Waals surface area contributed by atoms with Crippen LogP contribution in [-0.4, -0.2) is 15.9 Å². The Hall–Kier alpha value is -2.16. The molecule has 1 aromatic carbocycles. The highest BCUT2D eigenvalue weighted by Crippen LogP contribution is 2.34. The number of aromatic nitrogens is 2. The van der Waals surface area contributed by atoms with Crippen molar-refractivity contribution in [2.45, 2.75) is 6.18 Å². The highest BCUT2D eigenvalue weighted by atomic mass is 79.9. The first-order valence-corrected chi connectivity index (χ1v) is 6.29. The minimum atomic E-state index is -4.52. The molecule has 0 aliphatic carbocycles. The van der Waals surface area contributed by atoms with Gasteiger partial charge >= 0.3 is 6.18 Å². The molecule has 1 heterocycles. The average molecular weight is 362 g/mol. The lowest BCUT2D eigenvalue weighted by Gasteiger charge is -2.11. The fraction of sp³-hybridized carbons (Fsp3) is 0.0833. The third-order valence-electron chi connectivity index (χ3n) is 2.45. The molecule has 9 heteroatoms. The SMILES string of the molecule is O=C(Nc1cc(C(F)(F)F)ccc1Br)c1c[nH]c(=O)cn1. The third-order valence-corrected chi connectivity index (χ3v) is 3.14. The van der Waals surface area contributed by atoms with Crippen molar-refractivity contribution in [3.05, 3.63) is 56.7 Å². The van der Waals surface area contributed by atoms with Gasteiger partial charge in [0.25, 0.3) is 11.5 Å². The summed E-state index contributed by atoms with van der Waals surface area (Å²) in [7, 11) is 0. The lowest BCUT2D eigenvalue weighted by atomic mass is 10.2. The van der Waals surface area contributed by atoms with Crippen LogP contribution < -0.4 is 10.9 Å². The summed E-state index contributed by atoms with van der Waals surface area (Å²) in [5.41, 5.74) is -1.57. The number of benzene rings is 1. The first-order valence-electron chi connectivity index (χ1n) is 5.50. The zero-order valence-corrected chi connectivity index (χ0v) is 11.7. The number of carbonyl (C=O) groups excluding carboxylic acids is 1. The second-order valence-corrected chi connectivity index (χ2v) is 4.80. The Bertz CT molecular complexity index is 723. The fourth-order valence-electron chi connectivity index (χ4n) is 1.45. The van der Waals surface area contributed by atoms with E-state index in [4.69, 9.17) is 0 Å². The van der Waals surface area contributed by atoms with Crippen molar-refractivity contribution in [3.8, 4) is 0 Å². The molecule has 110 valence electrons. The van der Waals surface area contributed by atoms with E-state index >= 15 is 0 Å². The van der Waals surface area contributed by atoms with Crippen LogP contribution in [0.5, 0.6) is 0 Å². The van der Waals surface area contributed by atoms with E-state index in [1.807, 2.05) is 0 Å². The molecule has 0 unspecified atom stereocenters. The zero-order valence-electron chi connectivity index (χ0n) is 10.2. The number of rotatable bonds is 2. The summed E-state index contributed by atoms with van der Waals surface area (Å²) in [6.07, 6.45) is -2.55. The van der Waals surface area contributed by atoms with E-state index in [1.165, 1.54) is 6.07 Å². The van der Waals surface area contributed by atoms with Crippen LogP contribution in [0.4, 0.5) is 18.9 Å². The Kier molecular flexibility index (Phi) is 4.12. The van der Waals surface area contributed by atoms with Crippen molar-refractivity contribution in [1.29, 1.82) is 0 Å². The summed E-state index contributed by atoms with van der Waals surface area (Å²) < 4.78 is 38.2. The van der Waals surface area contributed by atoms with Crippen LogP contribution in [0, 0.1) is 0 Å². The number of carbonyl (C=O) groups is 1. The van der Waals surface area contributed by atoms with Gasteiger partial charge in [0.05, 0.1) is 17.4 Å². The first-order chi connectivity index (χ1) is 9.77. The highest BCUT2D eigenvalue weighted by Gasteiger charge is 2.31. The molecule has 1 amide bonds. The topological polar surface area (TPSA) is 74.8 Å². The van der Waals surface area contributed by atoms with Gasteiger partial charge in [-0.05, 0) is 34.1 Å². The van der Waals surface area contributed by atoms with E-state index in [1.54, 1.807) is 0 Å². The lowest BCUT2D eigenvalue weighted by molar-refractivity contribution is -0.137. The summed E-state index contributed by atoms with van der Waals surface area (Å²) in [6.45, 7) is 0. The Morgan fingerprint density at radius 2 is 2.05 bits per heavy atom. The lowest BCUT2D eigenvalue weighted by Crippen LogP contribution is -2.17. The maximum Gasteiger partial charge on any atom is 0.416 e. The van der Waals surface area contributed by atoms with Crippen LogP contribution in [0.25, 0.3) is 0 Å². The molecule has 2 N–H and O–H groups in total. The second kappa shape index (κ2) is 5.68. The zero-order chi connectivity index (χ0) is 15.6. The molecule has 0 atom stereocenters. The van der Waals surface area contributed by atoms with Crippen molar-refractivity contribution in [2.24, 2.45) is 0 Å². The number of hydrogen-bond acceptors (Lipinski definition) is 3. The van der Waals surface area contributed by atoms with E-state index in [9.17, 15) is 22.8 Å². The van der Waals surface area contributed by atoms with Crippen molar-refractivity contribution in [3.63, 3.8) is 0 Å². The summed E-state index contributed by atoms with van der Waals surface area (Å²) in [5, 5.41) is 2.29. The van der Waals surface area contributed by atoms with Gasteiger partial charge in [-0.1, -0.05) is 0 Å². The average Bonchev–Trinajstić information content (AvgIpc) is 2.40. The van der Waals surface area contributed by atoms with Crippen LogP contribution in [0.1, 0.15) is 16.1 Å². The van der Waals surface area contributed by atoms with Crippen LogP contribution in [-0.2, 0) is 6.18 Å². The van der Waals surface area contributed by atoms with E-state index in [-0.39, 0.29) is 15.9 Å². The summed E-state index contributed by atoms with van der Waals surface area (Å²) in [6, 6.07) is 2.87. The number of alkyl halides is 3. The molecule has 0 bridgehead atoms. The van der Waals surface area contributed by atoms with Gasteiger partial charge in [-0.15, -0.1) is 0 Å². The number of anilines is 1. The predicted molar refractivity (Wildman–Crippen MR) is 72.0 cm³/mol. The molecule has 5 nitrogen and oxygen atoms in total. The largest absolute Gasteiger partial charge is 0.416 e. The number of aromatic amines is 1. The minimum absolute atomic E-state index is 0.0529. The van der Waals surface area contributed by atoms with Gasteiger partial charge in [-0.25, -0.2) is 4.98 Å². The molecule has 0 spiro atoms. The van der Waals surface area contributed by atoms with Crippen molar-refractivity contribution in [2.75, 3.05) is 5.32 Å². The van der Waals surface area contributed by atoms with E-state index in [0.717, 1.165) is 24.5 Å². The van der Waals surface area contributed by atoms with Crippen molar-refractivity contribution >= 4 is 27.5 Å². The smallest absolute Gasteiger partial charge is 0.325 e. The van der Waals surface area contributed by atoms with Crippen LogP contribution in [0.15, 0.2) is 39.9 Å². The number of halogens is 4. The first kappa shape index (κ1) is 15.2. The molecule has 0 radical (unpaired) electrons. The second-order valence-electron chi connectivity index (χ2n) is 3.94. The van der Waals surface area contributed by atoms with Gasteiger partial charge in [0.2, 0.25) is 0 Å². The van der Waals surface area contributed by atoms with Crippen LogP contribution in [0.3, 0.4) is 0 Å². The third kappa shape index (κ3) is 3.69. The normalized spacial score (nSPS) is 11.2. The molecular weight excluding hydrogens is 355 g/mol. The van der Waals surface area contributed by atoms with Gasteiger partial charge in [-0.2, -0.15) is 13.2 Å². The highest BCUT2D eigenvalue weighted by molar-refractivity contribution is 9.10. The van der Waals surface area contributed by atoms with Crippen LogP contribution in [0.2, 0.25) is 0 Å². The van der Waals surface area contributed by atoms with E-state index < -0.39 is 23.2 Å². The summed E-state index contributed by atoms with van der Waals surface area (Å²) >= 11 is 3.05. The monoisotopic (exact) mass is 361 g/mol. The number of hydrogen-bond donors (Lipinski definition) is 2. The van der Waals surface area contributed by atoms with Gasteiger partial charge in [0.15, 0.2) is 0 Å². The van der Waals surface area contributed by atoms with Crippen molar-refractivity contribution < 1.29 is 18.0 Å². The molecule has 2 rings (SSSR count). The number of amides is 1. The fourth-order valence-corrected chi connectivity index (χ4v) is 1.80. The number of nitrogens with zero attached hydrogens (tertiary/aromatic N) is 1. The molecule has 0 aliphatic rings. The van der Waals surface area contributed by atoms with Gasteiger partial charge in [0, 0.05) is 10.7 Å². The predicted octanol–water partition coefficient (Wildman–Crippen LogP) is 2.80. The van der Waals surface area contributed by atoms with Gasteiger partial charge in [0.1, 0.15) is 5.69 Å². The molecule has 0 aliphatic heterocycles. The quantitative estimate of drug-likeness (QED) is 0.863. The molecule has 2 aromatic rings. The van der Waals surface area contributed by atoms with Crippen LogP contribution >= 0.6 is 15.9 Å². The molecule has 21 heavy (non-hydrogen) atoms. The molecule has 1 aromatic heterocycles. The Labute approximate surface area is 124 Å².